The van der Waals surface area contributed by atoms with Gasteiger partial charge in [0.15, 0.2) is 10.9 Å². The summed E-state index contributed by atoms with van der Waals surface area (Å²) in [5.41, 5.74) is 2.07. The van der Waals surface area contributed by atoms with Gasteiger partial charge in [0, 0.05) is 25.5 Å². The topological polar surface area (TPSA) is 123 Å². The van der Waals surface area contributed by atoms with Crippen LogP contribution in [0.3, 0.4) is 0 Å². The molecule has 202 valence electrons. The molecular weight excluding hydrogens is 530 g/mol. The zero-order valence-corrected chi connectivity index (χ0v) is 22.6. The molecule has 1 aliphatic heterocycles. The first-order valence-electron chi connectivity index (χ1n) is 12.4. The van der Waals surface area contributed by atoms with Gasteiger partial charge in [0.1, 0.15) is 11.6 Å². The van der Waals surface area contributed by atoms with E-state index in [1.807, 2.05) is 28.8 Å². The second-order valence-corrected chi connectivity index (χ2v) is 9.84. The number of ketones is 1. The molecule has 0 atom stereocenters. The Hall–Kier alpha value is -4.77. The number of imide groups is 1. The molecule has 1 aliphatic rings. The number of methoxy groups -OCH3 is 1. The third-order valence-electron chi connectivity index (χ3n) is 6.30. The number of carbonyl (C=O) groups is 4. The molecule has 0 saturated carbocycles. The Bertz CT molecular complexity index is 1600. The summed E-state index contributed by atoms with van der Waals surface area (Å²) in [5, 5.41) is 11.9. The van der Waals surface area contributed by atoms with Gasteiger partial charge in [-0.1, -0.05) is 48.2 Å². The van der Waals surface area contributed by atoms with E-state index in [0.717, 1.165) is 4.90 Å². The molecule has 1 aromatic heterocycles. The van der Waals surface area contributed by atoms with Crippen LogP contribution < -0.4 is 15.0 Å². The number of hydrogen-bond acceptors (Lipinski definition) is 8. The minimum atomic E-state index is -0.420. The van der Waals surface area contributed by atoms with Crippen LogP contribution in [0.1, 0.15) is 43.8 Å². The number of ether oxygens (including phenoxy) is 1. The Kier molecular flexibility index (Phi) is 7.74. The summed E-state index contributed by atoms with van der Waals surface area (Å²) in [6, 6.07) is 20.5. The molecule has 3 aromatic carbocycles. The quantitative estimate of drug-likeness (QED) is 0.178. The number of hydrogen-bond donors (Lipinski definition) is 1. The molecule has 0 saturated heterocycles. The number of carbonyl (C=O) groups excluding carboxylic acids is 4. The monoisotopic (exact) mass is 555 g/mol. The van der Waals surface area contributed by atoms with E-state index in [1.54, 1.807) is 55.6 Å². The molecule has 0 spiro atoms. The lowest BCUT2D eigenvalue weighted by Gasteiger charge is -2.15. The Morgan fingerprint density at radius 2 is 1.62 bits per heavy atom. The van der Waals surface area contributed by atoms with E-state index in [2.05, 4.69) is 15.5 Å². The fraction of sp³-hybridized carbons (Fsp3) is 0.172. The van der Waals surface area contributed by atoms with Crippen LogP contribution in [0, 0.1) is 0 Å². The predicted molar refractivity (Wildman–Crippen MR) is 149 cm³/mol. The van der Waals surface area contributed by atoms with E-state index in [4.69, 9.17) is 4.74 Å². The highest BCUT2D eigenvalue weighted by Crippen LogP contribution is 2.31. The van der Waals surface area contributed by atoms with Crippen LogP contribution >= 0.6 is 11.8 Å². The number of fused-ring (bicyclic) bond motifs is 1. The van der Waals surface area contributed by atoms with E-state index >= 15 is 0 Å². The zero-order chi connectivity index (χ0) is 28.2. The van der Waals surface area contributed by atoms with Crippen molar-refractivity contribution < 1.29 is 23.9 Å². The van der Waals surface area contributed by atoms with Gasteiger partial charge in [-0.25, -0.2) is 4.90 Å². The van der Waals surface area contributed by atoms with Crippen LogP contribution in [0.4, 0.5) is 5.69 Å². The van der Waals surface area contributed by atoms with Crippen LogP contribution in [0.2, 0.25) is 0 Å². The maximum Gasteiger partial charge on any atom is 0.266 e. The summed E-state index contributed by atoms with van der Waals surface area (Å²) in [6.07, 6.45) is 0.418. The average molecular weight is 556 g/mol. The number of rotatable bonds is 10. The standard InChI is InChI=1S/C29H25N5O5S/c1-18(35)30-15-14-26-31-32-29(34(26)23-12-5-6-13-25(23)39-2)40-17-24(36)19-8-7-9-20(16-19)33-27(37)21-10-3-4-11-22(21)28(33)38/h3-13,16H,14-15,17H2,1-2H3,(H,30,35). The number of thioether (sulfide) groups is 1. The zero-order valence-electron chi connectivity index (χ0n) is 21.8. The van der Waals surface area contributed by atoms with Crippen molar-refractivity contribution in [2.75, 3.05) is 24.3 Å². The SMILES string of the molecule is COc1ccccc1-n1c(CCNC(C)=O)nnc1SCC(=O)c1cccc(N2C(=O)c3ccccc3C2=O)c1. The molecule has 0 radical (unpaired) electrons. The van der Waals surface area contributed by atoms with Crippen molar-refractivity contribution in [3.63, 3.8) is 0 Å². The number of aromatic nitrogens is 3. The number of nitrogens with one attached hydrogen (secondary N) is 1. The second-order valence-electron chi connectivity index (χ2n) is 8.89. The highest BCUT2D eigenvalue weighted by molar-refractivity contribution is 7.99. The third kappa shape index (κ3) is 5.23. The van der Waals surface area contributed by atoms with Crippen LogP contribution in [-0.2, 0) is 11.2 Å². The molecule has 0 fully saturated rings. The van der Waals surface area contributed by atoms with Crippen molar-refractivity contribution in [1.29, 1.82) is 0 Å². The molecule has 0 bridgehead atoms. The van der Waals surface area contributed by atoms with Crippen LogP contribution in [0.25, 0.3) is 5.69 Å². The minimum absolute atomic E-state index is 0.0323. The first kappa shape index (κ1) is 26.8. The van der Waals surface area contributed by atoms with Crippen LogP contribution in [0.5, 0.6) is 5.75 Å². The highest BCUT2D eigenvalue weighted by atomic mass is 32.2. The Morgan fingerprint density at radius 3 is 2.33 bits per heavy atom. The summed E-state index contributed by atoms with van der Waals surface area (Å²) in [6.45, 7) is 1.82. The van der Waals surface area contributed by atoms with Gasteiger partial charge < -0.3 is 10.1 Å². The summed E-state index contributed by atoms with van der Waals surface area (Å²) in [7, 11) is 1.57. The van der Waals surface area contributed by atoms with Crippen LogP contribution in [-0.4, -0.2) is 57.7 Å². The van der Waals surface area contributed by atoms with Crippen molar-refractivity contribution in [3.8, 4) is 11.4 Å². The molecule has 4 aromatic rings. The van der Waals surface area contributed by atoms with Gasteiger partial charge in [-0.2, -0.15) is 0 Å². The van der Waals surface area contributed by atoms with E-state index < -0.39 is 11.8 Å². The van der Waals surface area contributed by atoms with Gasteiger partial charge in [-0.15, -0.1) is 10.2 Å². The maximum atomic E-state index is 13.3. The molecule has 11 heteroatoms. The lowest BCUT2D eigenvalue weighted by atomic mass is 10.1. The van der Waals surface area contributed by atoms with Gasteiger partial charge in [0.2, 0.25) is 5.91 Å². The van der Waals surface area contributed by atoms with Crippen molar-refractivity contribution in [2.45, 2.75) is 18.5 Å². The number of amides is 3. The minimum Gasteiger partial charge on any atom is -0.495 e. The van der Waals surface area contributed by atoms with Gasteiger partial charge in [-0.05, 0) is 36.4 Å². The first-order valence-corrected chi connectivity index (χ1v) is 13.4. The van der Waals surface area contributed by atoms with Crippen molar-refractivity contribution in [2.24, 2.45) is 0 Å². The smallest absolute Gasteiger partial charge is 0.266 e. The molecular formula is C29H25N5O5S. The molecule has 10 nitrogen and oxygen atoms in total. The third-order valence-corrected chi connectivity index (χ3v) is 7.23. The van der Waals surface area contributed by atoms with E-state index in [0.29, 0.717) is 57.8 Å². The number of benzene rings is 3. The first-order chi connectivity index (χ1) is 19.4. The van der Waals surface area contributed by atoms with Gasteiger partial charge >= 0.3 is 0 Å². The normalized spacial score (nSPS) is 12.4. The van der Waals surface area contributed by atoms with E-state index in [1.165, 1.54) is 18.7 Å². The lowest BCUT2D eigenvalue weighted by molar-refractivity contribution is -0.118. The molecule has 0 unspecified atom stereocenters. The fourth-order valence-electron chi connectivity index (χ4n) is 4.42. The van der Waals surface area contributed by atoms with Gasteiger partial charge in [-0.3, -0.25) is 23.7 Å². The Balaban J connectivity index is 1.37. The number of anilines is 1. The maximum absolute atomic E-state index is 13.3. The number of Topliss-reactive ketones (excluding diaryl/α,β-unsaturated/α-hetero) is 1. The summed E-state index contributed by atoms with van der Waals surface area (Å²) >= 11 is 1.20. The van der Waals surface area contributed by atoms with Crippen LogP contribution in [0.15, 0.2) is 78.0 Å². The fourth-order valence-corrected chi connectivity index (χ4v) is 5.28. The summed E-state index contributed by atoms with van der Waals surface area (Å²) in [5.74, 6) is 0.0352. The van der Waals surface area contributed by atoms with Crippen molar-refractivity contribution in [3.05, 3.63) is 95.3 Å². The number of nitrogens with zero attached hydrogens (tertiary/aromatic N) is 4. The van der Waals surface area contributed by atoms with Gasteiger partial charge in [0.25, 0.3) is 11.8 Å². The molecule has 5 rings (SSSR count). The molecule has 1 N–H and O–H groups in total. The molecule has 0 aliphatic carbocycles. The largest absolute Gasteiger partial charge is 0.495 e. The van der Waals surface area contributed by atoms with Crippen molar-refractivity contribution in [1.82, 2.24) is 20.1 Å². The Morgan fingerprint density at radius 1 is 0.925 bits per heavy atom. The van der Waals surface area contributed by atoms with Crippen molar-refractivity contribution >= 4 is 41.0 Å². The second kappa shape index (κ2) is 11.5. The lowest BCUT2D eigenvalue weighted by Crippen LogP contribution is -2.29. The number of para-hydroxylation sites is 2. The van der Waals surface area contributed by atoms with E-state index in [9.17, 15) is 19.2 Å². The Labute approximate surface area is 234 Å². The highest BCUT2D eigenvalue weighted by Gasteiger charge is 2.36. The van der Waals surface area contributed by atoms with Gasteiger partial charge in [0.05, 0.1) is 35.4 Å². The average Bonchev–Trinajstić information content (AvgIpc) is 3.49. The molecule has 40 heavy (non-hydrogen) atoms. The summed E-state index contributed by atoms with van der Waals surface area (Å²) < 4.78 is 7.35. The molecule has 3 amide bonds. The van der Waals surface area contributed by atoms with E-state index in [-0.39, 0.29) is 17.4 Å². The summed E-state index contributed by atoms with van der Waals surface area (Å²) in [4.78, 5) is 51.5. The molecule has 2 heterocycles. The predicted octanol–water partition coefficient (Wildman–Crippen LogP) is 3.73.